The molecule has 0 aliphatic rings. The molecule has 1 amide bonds. The van der Waals surface area contributed by atoms with Crippen molar-refractivity contribution in [3.05, 3.63) is 17.5 Å². The highest BCUT2D eigenvalue weighted by atomic mass is 16.4. The van der Waals surface area contributed by atoms with E-state index in [0.29, 0.717) is 17.9 Å². The summed E-state index contributed by atoms with van der Waals surface area (Å²) in [7, 11) is 0. The van der Waals surface area contributed by atoms with E-state index in [0.717, 1.165) is 6.92 Å². The SMILES string of the molecule is CCn1nc(C)cc1C(=O)NCC(C)(O)C(=O)O. The summed E-state index contributed by atoms with van der Waals surface area (Å²) in [6, 6.07) is 1.61. The van der Waals surface area contributed by atoms with Crippen molar-refractivity contribution in [1.29, 1.82) is 0 Å². The second-order valence-corrected chi connectivity index (χ2v) is 4.25. The number of amides is 1. The van der Waals surface area contributed by atoms with Gasteiger partial charge in [0.05, 0.1) is 12.2 Å². The summed E-state index contributed by atoms with van der Waals surface area (Å²) in [5, 5.41) is 24.7. The molecule has 1 unspecified atom stereocenters. The van der Waals surface area contributed by atoms with Crippen molar-refractivity contribution >= 4 is 11.9 Å². The predicted molar refractivity (Wildman–Crippen MR) is 63.2 cm³/mol. The maximum absolute atomic E-state index is 11.8. The zero-order chi connectivity index (χ0) is 13.9. The number of aryl methyl sites for hydroxylation is 2. The van der Waals surface area contributed by atoms with E-state index in [1.54, 1.807) is 13.0 Å². The van der Waals surface area contributed by atoms with Gasteiger partial charge >= 0.3 is 5.97 Å². The Kier molecular flexibility index (Phi) is 4.07. The normalized spacial score (nSPS) is 14.0. The number of carboxylic acid groups (broad SMARTS) is 1. The molecule has 0 saturated carbocycles. The van der Waals surface area contributed by atoms with Crippen LogP contribution >= 0.6 is 0 Å². The second kappa shape index (κ2) is 5.18. The molecule has 0 aromatic carbocycles. The monoisotopic (exact) mass is 255 g/mol. The molecule has 7 heteroatoms. The lowest BCUT2D eigenvalue weighted by Gasteiger charge is -2.18. The summed E-state index contributed by atoms with van der Waals surface area (Å²) >= 11 is 0. The zero-order valence-corrected chi connectivity index (χ0v) is 10.6. The molecule has 0 radical (unpaired) electrons. The molecule has 18 heavy (non-hydrogen) atoms. The van der Waals surface area contributed by atoms with E-state index >= 15 is 0 Å². The summed E-state index contributed by atoms with van der Waals surface area (Å²) in [5.41, 5.74) is -0.940. The molecule has 0 fully saturated rings. The lowest BCUT2D eigenvalue weighted by Crippen LogP contribution is -2.46. The van der Waals surface area contributed by atoms with Crippen molar-refractivity contribution in [2.75, 3.05) is 6.54 Å². The van der Waals surface area contributed by atoms with Crippen LogP contribution in [-0.2, 0) is 11.3 Å². The third kappa shape index (κ3) is 3.07. The van der Waals surface area contributed by atoms with Crippen LogP contribution in [0.5, 0.6) is 0 Å². The average molecular weight is 255 g/mol. The summed E-state index contributed by atoms with van der Waals surface area (Å²) in [4.78, 5) is 22.5. The van der Waals surface area contributed by atoms with E-state index in [2.05, 4.69) is 10.4 Å². The molecule has 0 saturated heterocycles. The Morgan fingerprint density at radius 2 is 2.17 bits per heavy atom. The number of carboxylic acids is 1. The minimum absolute atomic E-state index is 0.344. The van der Waals surface area contributed by atoms with Crippen molar-refractivity contribution in [3.8, 4) is 0 Å². The van der Waals surface area contributed by atoms with Gasteiger partial charge in [-0.2, -0.15) is 5.10 Å². The number of nitrogens with zero attached hydrogens (tertiary/aromatic N) is 2. The maximum atomic E-state index is 11.8. The van der Waals surface area contributed by atoms with Crippen LogP contribution in [0.4, 0.5) is 0 Å². The fourth-order valence-corrected chi connectivity index (χ4v) is 1.39. The molecule has 3 N–H and O–H groups in total. The smallest absolute Gasteiger partial charge is 0.337 e. The molecule has 1 aromatic heterocycles. The van der Waals surface area contributed by atoms with E-state index in [4.69, 9.17) is 5.11 Å². The largest absolute Gasteiger partial charge is 0.479 e. The molecule has 1 rings (SSSR count). The maximum Gasteiger partial charge on any atom is 0.337 e. The molecular formula is C11H17N3O4. The Morgan fingerprint density at radius 3 is 2.67 bits per heavy atom. The number of carbonyl (C=O) groups is 2. The molecule has 0 spiro atoms. The summed E-state index contributed by atoms with van der Waals surface area (Å²) < 4.78 is 1.51. The van der Waals surface area contributed by atoms with Gasteiger partial charge in [-0.3, -0.25) is 9.48 Å². The number of hydrogen-bond donors (Lipinski definition) is 3. The first-order valence-electron chi connectivity index (χ1n) is 5.56. The first-order chi connectivity index (χ1) is 8.27. The average Bonchev–Trinajstić information content (AvgIpc) is 2.67. The first kappa shape index (κ1) is 14.2. The second-order valence-electron chi connectivity index (χ2n) is 4.25. The number of aromatic nitrogens is 2. The molecule has 1 atom stereocenters. The van der Waals surface area contributed by atoms with Crippen LogP contribution < -0.4 is 5.32 Å². The van der Waals surface area contributed by atoms with Crippen LogP contribution in [0.25, 0.3) is 0 Å². The number of hydrogen-bond acceptors (Lipinski definition) is 4. The van der Waals surface area contributed by atoms with Crippen molar-refractivity contribution in [1.82, 2.24) is 15.1 Å². The topological polar surface area (TPSA) is 104 Å². The third-order valence-electron chi connectivity index (χ3n) is 2.49. The molecule has 1 aromatic rings. The van der Waals surface area contributed by atoms with Gasteiger partial charge in [-0.05, 0) is 26.8 Å². The van der Waals surface area contributed by atoms with Gasteiger partial charge in [-0.25, -0.2) is 4.79 Å². The van der Waals surface area contributed by atoms with Gasteiger partial charge in [0, 0.05) is 6.54 Å². The lowest BCUT2D eigenvalue weighted by atomic mass is 10.1. The van der Waals surface area contributed by atoms with Crippen molar-refractivity contribution in [3.63, 3.8) is 0 Å². The van der Waals surface area contributed by atoms with Gasteiger partial charge in [0.2, 0.25) is 0 Å². The van der Waals surface area contributed by atoms with Gasteiger partial charge in [-0.15, -0.1) is 0 Å². The fraction of sp³-hybridized carbons (Fsp3) is 0.545. The van der Waals surface area contributed by atoms with Crippen LogP contribution in [-0.4, -0.2) is 44.0 Å². The van der Waals surface area contributed by atoms with Gasteiger partial charge in [0.25, 0.3) is 5.91 Å². The number of rotatable bonds is 5. The lowest BCUT2D eigenvalue weighted by molar-refractivity contribution is -0.155. The molecule has 0 bridgehead atoms. The highest BCUT2D eigenvalue weighted by Gasteiger charge is 2.30. The molecule has 0 aliphatic carbocycles. The quantitative estimate of drug-likeness (QED) is 0.674. The third-order valence-corrected chi connectivity index (χ3v) is 2.49. The Bertz CT molecular complexity index is 465. The van der Waals surface area contributed by atoms with Crippen LogP contribution in [0.1, 0.15) is 30.0 Å². The van der Waals surface area contributed by atoms with Gasteiger partial charge in [0.1, 0.15) is 5.69 Å². The molecule has 0 aliphatic heterocycles. The number of nitrogens with one attached hydrogen (secondary N) is 1. The zero-order valence-electron chi connectivity index (χ0n) is 10.6. The molecule has 1 heterocycles. The molecule has 7 nitrogen and oxygen atoms in total. The van der Waals surface area contributed by atoms with Crippen LogP contribution in [0.15, 0.2) is 6.07 Å². The standard InChI is InChI=1S/C11H17N3O4/c1-4-14-8(5-7(2)13-14)9(15)12-6-11(3,18)10(16)17/h5,18H,4,6H2,1-3H3,(H,12,15)(H,16,17). The van der Waals surface area contributed by atoms with E-state index in [-0.39, 0.29) is 6.54 Å². The summed E-state index contributed by atoms with van der Waals surface area (Å²) in [6.07, 6.45) is 0. The van der Waals surface area contributed by atoms with Crippen molar-refractivity contribution in [2.45, 2.75) is 32.9 Å². The first-order valence-corrected chi connectivity index (χ1v) is 5.56. The highest BCUT2D eigenvalue weighted by Crippen LogP contribution is 2.05. The van der Waals surface area contributed by atoms with E-state index in [9.17, 15) is 14.7 Å². The minimum Gasteiger partial charge on any atom is -0.479 e. The number of carbonyl (C=O) groups excluding carboxylic acids is 1. The summed E-state index contributed by atoms with van der Waals surface area (Å²) in [5.74, 6) is -1.85. The van der Waals surface area contributed by atoms with E-state index in [1.165, 1.54) is 4.68 Å². The van der Waals surface area contributed by atoms with E-state index < -0.39 is 17.5 Å². The Balaban J connectivity index is 2.74. The molecular weight excluding hydrogens is 238 g/mol. The number of aliphatic hydroxyl groups is 1. The molecule has 100 valence electrons. The number of aliphatic carboxylic acids is 1. The summed E-state index contributed by atoms with van der Waals surface area (Å²) in [6.45, 7) is 4.89. The predicted octanol–water partition coefficient (Wildman–Crippen LogP) is -0.223. The fourth-order valence-electron chi connectivity index (χ4n) is 1.39. The van der Waals surface area contributed by atoms with Gasteiger partial charge in [-0.1, -0.05) is 0 Å². The highest BCUT2D eigenvalue weighted by molar-refractivity contribution is 5.93. The van der Waals surface area contributed by atoms with Crippen LogP contribution in [0.3, 0.4) is 0 Å². The van der Waals surface area contributed by atoms with Crippen molar-refractivity contribution < 1.29 is 19.8 Å². The van der Waals surface area contributed by atoms with Crippen molar-refractivity contribution in [2.24, 2.45) is 0 Å². The van der Waals surface area contributed by atoms with Crippen LogP contribution in [0, 0.1) is 6.92 Å². The Morgan fingerprint density at radius 1 is 1.56 bits per heavy atom. The van der Waals surface area contributed by atoms with E-state index in [1.807, 2.05) is 6.92 Å². The van der Waals surface area contributed by atoms with Crippen LogP contribution in [0.2, 0.25) is 0 Å². The minimum atomic E-state index is -1.98. The Hall–Kier alpha value is -1.89. The Labute approximate surface area is 104 Å². The van der Waals surface area contributed by atoms with Gasteiger partial charge < -0.3 is 15.5 Å². The van der Waals surface area contributed by atoms with Gasteiger partial charge in [0.15, 0.2) is 5.60 Å².